The van der Waals surface area contributed by atoms with Crippen LogP contribution >= 0.6 is 0 Å². The van der Waals surface area contributed by atoms with Crippen LogP contribution in [-0.4, -0.2) is 24.0 Å². The molecule has 0 aromatic carbocycles. The molecular weight excluding hydrogens is 146 g/mol. The van der Waals surface area contributed by atoms with Gasteiger partial charge >= 0.3 is 0 Å². The van der Waals surface area contributed by atoms with Crippen molar-refractivity contribution >= 4 is 0 Å². The van der Waals surface area contributed by atoms with Gasteiger partial charge in [0.25, 0.3) is 0 Å². The summed E-state index contributed by atoms with van der Waals surface area (Å²) in [5.41, 5.74) is 0.556. The Labute approximate surface area is 76.1 Å². The minimum atomic E-state index is 0.556. The van der Waals surface area contributed by atoms with Crippen LogP contribution < -0.4 is 0 Å². The Morgan fingerprint density at radius 3 is 2.92 bits per heavy atom. The summed E-state index contributed by atoms with van der Waals surface area (Å²) in [5, 5.41) is 0. The predicted molar refractivity (Wildman–Crippen MR) is 51.8 cm³/mol. The van der Waals surface area contributed by atoms with Crippen molar-refractivity contribution in [2.75, 3.05) is 13.1 Å². The van der Waals surface area contributed by atoms with E-state index in [1.807, 2.05) is 0 Å². The number of hydrogen-bond acceptors (Lipinski definition) is 1. The average molecular weight is 166 g/mol. The van der Waals surface area contributed by atoms with Gasteiger partial charge in [0.1, 0.15) is 0 Å². The Hall–Kier alpha value is -0.0400. The highest BCUT2D eigenvalue weighted by Crippen LogP contribution is 2.37. The Morgan fingerprint density at radius 1 is 1.42 bits per heavy atom. The Kier molecular flexibility index (Phi) is 1.95. The molecular formula is C11H20N. The molecule has 0 bridgehead atoms. The highest BCUT2D eigenvalue weighted by atomic mass is 15.2. The van der Waals surface area contributed by atoms with Crippen molar-refractivity contribution in [3.8, 4) is 0 Å². The maximum absolute atomic E-state index is 4.17. The van der Waals surface area contributed by atoms with Gasteiger partial charge in [0, 0.05) is 19.1 Å². The third-order valence-electron chi connectivity index (χ3n) is 3.40. The second-order valence-corrected chi connectivity index (χ2v) is 5.39. The van der Waals surface area contributed by atoms with Gasteiger partial charge < -0.3 is 0 Å². The molecule has 0 spiro atoms. The molecule has 1 radical (unpaired) electrons. The van der Waals surface area contributed by atoms with E-state index in [1.165, 1.54) is 32.4 Å². The summed E-state index contributed by atoms with van der Waals surface area (Å²) in [7, 11) is 0. The molecule has 2 saturated heterocycles. The van der Waals surface area contributed by atoms with E-state index in [4.69, 9.17) is 0 Å². The van der Waals surface area contributed by atoms with Gasteiger partial charge in [-0.2, -0.15) is 0 Å². The summed E-state index contributed by atoms with van der Waals surface area (Å²) in [6.07, 6.45) is 4.15. The molecule has 2 rings (SSSR count). The van der Waals surface area contributed by atoms with Crippen LogP contribution in [0, 0.1) is 18.3 Å². The van der Waals surface area contributed by atoms with Crippen molar-refractivity contribution in [1.29, 1.82) is 0 Å². The fourth-order valence-corrected chi connectivity index (χ4v) is 2.77. The van der Waals surface area contributed by atoms with Crippen LogP contribution in [-0.2, 0) is 0 Å². The molecule has 1 nitrogen and oxygen atoms in total. The number of hydrogen-bond donors (Lipinski definition) is 0. The first kappa shape index (κ1) is 8.55. The predicted octanol–water partition coefficient (Wildman–Crippen LogP) is 2.33. The summed E-state index contributed by atoms with van der Waals surface area (Å²) in [4.78, 5) is 2.65. The number of nitrogens with zero attached hydrogens (tertiary/aromatic N) is 1. The minimum Gasteiger partial charge on any atom is -0.300 e. The molecule has 2 fully saturated rings. The zero-order valence-electron chi connectivity index (χ0n) is 8.34. The van der Waals surface area contributed by atoms with Crippen LogP contribution in [0.15, 0.2) is 0 Å². The van der Waals surface area contributed by atoms with Gasteiger partial charge in [-0.15, -0.1) is 0 Å². The summed E-state index contributed by atoms with van der Waals surface area (Å²) in [6, 6.07) is 0.875. The highest BCUT2D eigenvalue weighted by molar-refractivity contribution is 4.93. The van der Waals surface area contributed by atoms with Crippen molar-refractivity contribution in [2.45, 2.75) is 39.2 Å². The van der Waals surface area contributed by atoms with E-state index in [0.29, 0.717) is 11.3 Å². The lowest BCUT2D eigenvalue weighted by Crippen LogP contribution is -2.43. The molecule has 0 aromatic heterocycles. The second-order valence-electron chi connectivity index (χ2n) is 5.39. The molecule has 0 aliphatic carbocycles. The van der Waals surface area contributed by atoms with E-state index in [0.717, 1.165) is 6.04 Å². The molecule has 0 N–H and O–H groups in total. The van der Waals surface area contributed by atoms with E-state index in [9.17, 15) is 0 Å². The largest absolute Gasteiger partial charge is 0.300 e. The van der Waals surface area contributed by atoms with Crippen LogP contribution in [0.2, 0.25) is 0 Å². The topological polar surface area (TPSA) is 3.24 Å². The van der Waals surface area contributed by atoms with Crippen LogP contribution in [0.25, 0.3) is 0 Å². The molecule has 2 atom stereocenters. The van der Waals surface area contributed by atoms with E-state index < -0.39 is 0 Å². The zero-order valence-corrected chi connectivity index (χ0v) is 8.34. The molecule has 12 heavy (non-hydrogen) atoms. The third kappa shape index (κ3) is 1.52. The summed E-state index contributed by atoms with van der Waals surface area (Å²) in [6.45, 7) is 11.5. The fourth-order valence-electron chi connectivity index (χ4n) is 2.77. The molecule has 0 unspecified atom stereocenters. The lowest BCUT2D eigenvalue weighted by Gasteiger charge is -2.40. The van der Waals surface area contributed by atoms with E-state index in [-0.39, 0.29) is 0 Å². The molecule has 1 heteroatoms. The highest BCUT2D eigenvalue weighted by Gasteiger charge is 2.37. The Bertz CT molecular complexity index is 174. The number of piperidine rings is 1. The van der Waals surface area contributed by atoms with Crippen LogP contribution in [0.5, 0.6) is 0 Å². The first-order chi connectivity index (χ1) is 5.57. The zero-order chi connectivity index (χ0) is 8.77. The van der Waals surface area contributed by atoms with Gasteiger partial charge in [0.15, 0.2) is 0 Å². The van der Waals surface area contributed by atoms with Gasteiger partial charge in [-0.1, -0.05) is 13.8 Å². The van der Waals surface area contributed by atoms with E-state index in [2.05, 4.69) is 25.7 Å². The maximum Gasteiger partial charge on any atom is 0.00989 e. The Balaban J connectivity index is 2.02. The van der Waals surface area contributed by atoms with Gasteiger partial charge in [-0.25, -0.2) is 0 Å². The second kappa shape index (κ2) is 2.73. The number of rotatable bonds is 0. The van der Waals surface area contributed by atoms with Gasteiger partial charge in [-0.05, 0) is 37.5 Å². The molecule has 2 aliphatic rings. The summed E-state index contributed by atoms with van der Waals surface area (Å²) >= 11 is 0. The lowest BCUT2D eigenvalue weighted by atomic mass is 9.81. The van der Waals surface area contributed by atoms with Crippen molar-refractivity contribution in [3.63, 3.8) is 0 Å². The van der Waals surface area contributed by atoms with Crippen molar-refractivity contribution in [3.05, 3.63) is 6.92 Å². The molecule has 0 amide bonds. The molecule has 69 valence electrons. The summed E-state index contributed by atoms with van der Waals surface area (Å²) in [5.74, 6) is 0.698. The van der Waals surface area contributed by atoms with Crippen LogP contribution in [0.1, 0.15) is 33.1 Å². The Morgan fingerprint density at radius 2 is 2.17 bits per heavy atom. The first-order valence-electron chi connectivity index (χ1n) is 5.14. The average Bonchev–Trinajstić information content (AvgIpc) is 2.26. The van der Waals surface area contributed by atoms with E-state index >= 15 is 0 Å². The van der Waals surface area contributed by atoms with Crippen molar-refractivity contribution < 1.29 is 0 Å². The molecule has 2 aliphatic heterocycles. The number of fused-ring (bicyclic) bond motifs is 1. The van der Waals surface area contributed by atoms with Crippen molar-refractivity contribution in [1.82, 2.24) is 4.90 Å². The van der Waals surface area contributed by atoms with Gasteiger partial charge in [0.05, 0.1) is 0 Å². The molecule has 0 aromatic rings. The van der Waals surface area contributed by atoms with Gasteiger partial charge in [-0.3, -0.25) is 4.90 Å². The molecule has 2 heterocycles. The lowest BCUT2D eigenvalue weighted by molar-refractivity contribution is 0.0942. The van der Waals surface area contributed by atoms with Crippen LogP contribution in [0.3, 0.4) is 0 Å². The normalized spacial score (nSPS) is 41.2. The molecule has 0 saturated carbocycles. The standard InChI is InChI=1S/C11H20N/c1-9-6-10-4-5-11(2,3)8-12(10)7-9/h9-10H,1,4-8H2,2-3H3/t9-,10+/m0/s1. The summed E-state index contributed by atoms with van der Waals surface area (Å²) < 4.78 is 0. The monoisotopic (exact) mass is 166 g/mol. The van der Waals surface area contributed by atoms with Gasteiger partial charge in [0.2, 0.25) is 0 Å². The third-order valence-corrected chi connectivity index (χ3v) is 3.40. The minimum absolute atomic E-state index is 0.556. The fraction of sp³-hybridized carbons (Fsp3) is 0.909. The quantitative estimate of drug-likeness (QED) is 0.534. The van der Waals surface area contributed by atoms with Crippen LogP contribution in [0.4, 0.5) is 0 Å². The SMILES string of the molecule is [CH2][C@H]1C[C@H]2CCC(C)(C)CN2C1. The maximum atomic E-state index is 4.17. The van der Waals surface area contributed by atoms with Crippen molar-refractivity contribution in [2.24, 2.45) is 11.3 Å². The van der Waals surface area contributed by atoms with E-state index in [1.54, 1.807) is 0 Å². The smallest absolute Gasteiger partial charge is 0.00989 e. The first-order valence-corrected chi connectivity index (χ1v) is 5.14.